The summed E-state index contributed by atoms with van der Waals surface area (Å²) < 4.78 is 0. The number of carbonyl (C=O) groups is 2. The Kier molecular flexibility index (Phi) is 5.98. The quantitative estimate of drug-likeness (QED) is 0.532. The second-order valence-corrected chi connectivity index (χ2v) is 4.21. The topological polar surface area (TPSA) is 113 Å². The predicted molar refractivity (Wildman–Crippen MR) is 69.4 cm³/mol. The molecule has 0 aliphatic rings. The molecule has 1 rings (SSSR count). The molecule has 6 heteroatoms. The van der Waals surface area contributed by atoms with E-state index >= 15 is 0 Å². The number of carboxylic acids is 1. The summed E-state index contributed by atoms with van der Waals surface area (Å²) in [7, 11) is 0. The molecule has 0 radical (unpaired) electrons. The summed E-state index contributed by atoms with van der Waals surface area (Å²) in [6.07, 6.45) is 0.289. The SMILES string of the molecule is N[C@H](Cc1ccccc1)C(=O)NC(CCO)C(=O)O. The molecule has 0 spiro atoms. The maximum absolute atomic E-state index is 11.8. The molecule has 19 heavy (non-hydrogen) atoms. The molecule has 1 amide bonds. The van der Waals surface area contributed by atoms with Crippen LogP contribution in [0.3, 0.4) is 0 Å². The van der Waals surface area contributed by atoms with Crippen molar-refractivity contribution in [1.82, 2.24) is 5.32 Å². The number of carboxylic acid groups (broad SMARTS) is 1. The number of hydrogen-bond acceptors (Lipinski definition) is 4. The molecular formula is C13H18N2O4. The van der Waals surface area contributed by atoms with Crippen LogP contribution in [0.25, 0.3) is 0 Å². The van der Waals surface area contributed by atoms with Crippen LogP contribution in [0.2, 0.25) is 0 Å². The van der Waals surface area contributed by atoms with Gasteiger partial charge in [0.15, 0.2) is 0 Å². The van der Waals surface area contributed by atoms with Crippen LogP contribution in [0.5, 0.6) is 0 Å². The van der Waals surface area contributed by atoms with E-state index in [1.54, 1.807) is 0 Å². The summed E-state index contributed by atoms with van der Waals surface area (Å²) in [6.45, 7) is -0.314. The molecule has 0 fully saturated rings. The van der Waals surface area contributed by atoms with Crippen LogP contribution in [0, 0.1) is 0 Å². The van der Waals surface area contributed by atoms with E-state index in [0.717, 1.165) is 5.56 Å². The number of amides is 1. The van der Waals surface area contributed by atoms with Crippen LogP contribution in [0.15, 0.2) is 30.3 Å². The number of rotatable bonds is 7. The van der Waals surface area contributed by atoms with Crippen LogP contribution < -0.4 is 11.1 Å². The van der Waals surface area contributed by atoms with Crippen molar-refractivity contribution in [2.75, 3.05) is 6.61 Å². The molecule has 0 saturated heterocycles. The highest BCUT2D eigenvalue weighted by atomic mass is 16.4. The summed E-state index contributed by atoms with van der Waals surface area (Å²) in [4.78, 5) is 22.6. The van der Waals surface area contributed by atoms with E-state index < -0.39 is 24.0 Å². The van der Waals surface area contributed by atoms with E-state index in [-0.39, 0.29) is 13.0 Å². The molecule has 0 heterocycles. The summed E-state index contributed by atoms with van der Waals surface area (Å²) in [5.41, 5.74) is 6.63. The van der Waals surface area contributed by atoms with Crippen molar-refractivity contribution in [2.24, 2.45) is 5.73 Å². The average molecular weight is 266 g/mol. The van der Waals surface area contributed by atoms with Crippen molar-refractivity contribution in [3.63, 3.8) is 0 Å². The minimum absolute atomic E-state index is 0.0425. The Hall–Kier alpha value is -1.92. The molecule has 2 atom stereocenters. The molecule has 5 N–H and O–H groups in total. The first kappa shape index (κ1) is 15.1. The Morgan fingerprint density at radius 1 is 1.26 bits per heavy atom. The highest BCUT2D eigenvalue weighted by Crippen LogP contribution is 2.02. The smallest absolute Gasteiger partial charge is 0.326 e. The highest BCUT2D eigenvalue weighted by molar-refractivity contribution is 5.86. The van der Waals surface area contributed by atoms with Crippen molar-refractivity contribution in [1.29, 1.82) is 0 Å². The van der Waals surface area contributed by atoms with Crippen LogP contribution in [-0.4, -0.2) is 40.8 Å². The summed E-state index contributed by atoms with van der Waals surface area (Å²) in [5, 5.41) is 19.9. The normalized spacial score (nSPS) is 13.6. The summed E-state index contributed by atoms with van der Waals surface area (Å²) in [5.74, 6) is -1.72. The maximum Gasteiger partial charge on any atom is 0.326 e. The lowest BCUT2D eigenvalue weighted by Gasteiger charge is -2.17. The Morgan fingerprint density at radius 2 is 1.89 bits per heavy atom. The zero-order valence-corrected chi connectivity index (χ0v) is 10.5. The van der Waals surface area contributed by atoms with Gasteiger partial charge in [0.2, 0.25) is 5.91 Å². The van der Waals surface area contributed by atoms with Crippen LogP contribution >= 0.6 is 0 Å². The zero-order chi connectivity index (χ0) is 14.3. The molecule has 0 bridgehead atoms. The van der Waals surface area contributed by atoms with Gasteiger partial charge < -0.3 is 21.3 Å². The lowest BCUT2D eigenvalue weighted by molar-refractivity contribution is -0.142. The molecule has 1 aromatic rings. The Bertz CT molecular complexity index is 422. The number of aliphatic hydroxyl groups is 1. The van der Waals surface area contributed by atoms with Gasteiger partial charge >= 0.3 is 5.97 Å². The summed E-state index contributed by atoms with van der Waals surface area (Å²) in [6, 6.07) is 7.29. The third kappa shape index (κ3) is 5.07. The van der Waals surface area contributed by atoms with Crippen molar-refractivity contribution in [3.05, 3.63) is 35.9 Å². The predicted octanol–water partition coefficient (Wildman–Crippen LogP) is -0.492. The maximum atomic E-state index is 11.8. The second-order valence-electron chi connectivity index (χ2n) is 4.21. The third-order valence-corrected chi connectivity index (χ3v) is 2.67. The minimum atomic E-state index is -1.19. The largest absolute Gasteiger partial charge is 0.480 e. The Morgan fingerprint density at radius 3 is 2.42 bits per heavy atom. The van der Waals surface area contributed by atoms with E-state index in [0.29, 0.717) is 6.42 Å². The van der Waals surface area contributed by atoms with Crippen LogP contribution in [0.4, 0.5) is 0 Å². The lowest BCUT2D eigenvalue weighted by atomic mass is 10.1. The fourth-order valence-corrected chi connectivity index (χ4v) is 1.63. The first-order valence-electron chi connectivity index (χ1n) is 5.98. The summed E-state index contributed by atoms with van der Waals surface area (Å²) >= 11 is 0. The van der Waals surface area contributed by atoms with Gasteiger partial charge in [0.1, 0.15) is 6.04 Å². The number of nitrogens with two attached hydrogens (primary N) is 1. The second kappa shape index (κ2) is 7.50. The molecule has 0 aliphatic heterocycles. The number of aliphatic hydroxyl groups excluding tert-OH is 1. The Balaban J connectivity index is 2.54. The fourth-order valence-electron chi connectivity index (χ4n) is 1.63. The molecule has 0 saturated carbocycles. The molecule has 0 aromatic heterocycles. The van der Waals surface area contributed by atoms with Gasteiger partial charge in [-0.15, -0.1) is 0 Å². The van der Waals surface area contributed by atoms with E-state index in [1.807, 2.05) is 30.3 Å². The van der Waals surface area contributed by atoms with Gasteiger partial charge in [0.05, 0.1) is 6.04 Å². The van der Waals surface area contributed by atoms with Crippen LogP contribution in [-0.2, 0) is 16.0 Å². The van der Waals surface area contributed by atoms with Gasteiger partial charge in [-0.05, 0) is 12.0 Å². The van der Waals surface area contributed by atoms with Crippen molar-refractivity contribution >= 4 is 11.9 Å². The molecule has 1 aromatic carbocycles. The minimum Gasteiger partial charge on any atom is -0.480 e. The molecule has 1 unspecified atom stereocenters. The Labute approximate surface area is 111 Å². The number of carbonyl (C=O) groups excluding carboxylic acids is 1. The van der Waals surface area contributed by atoms with Crippen molar-refractivity contribution in [2.45, 2.75) is 24.9 Å². The molecule has 104 valence electrons. The van der Waals surface area contributed by atoms with Gasteiger partial charge in [-0.1, -0.05) is 30.3 Å². The van der Waals surface area contributed by atoms with Crippen molar-refractivity contribution in [3.8, 4) is 0 Å². The first-order chi connectivity index (χ1) is 9.04. The van der Waals surface area contributed by atoms with Gasteiger partial charge in [-0.3, -0.25) is 4.79 Å². The van der Waals surface area contributed by atoms with E-state index in [4.69, 9.17) is 15.9 Å². The molecular weight excluding hydrogens is 248 g/mol. The highest BCUT2D eigenvalue weighted by Gasteiger charge is 2.22. The van der Waals surface area contributed by atoms with Gasteiger partial charge in [0.25, 0.3) is 0 Å². The van der Waals surface area contributed by atoms with E-state index in [9.17, 15) is 9.59 Å². The van der Waals surface area contributed by atoms with Gasteiger partial charge in [-0.2, -0.15) is 0 Å². The number of benzene rings is 1. The standard InChI is InChI=1S/C13H18N2O4/c14-10(8-9-4-2-1-3-5-9)12(17)15-11(6-7-16)13(18)19/h1-5,10-11,16H,6-8,14H2,(H,15,17)(H,18,19)/t10-,11?/m1/s1. The van der Waals surface area contributed by atoms with E-state index in [2.05, 4.69) is 5.32 Å². The lowest BCUT2D eigenvalue weighted by Crippen LogP contribution is -2.49. The zero-order valence-electron chi connectivity index (χ0n) is 10.5. The van der Waals surface area contributed by atoms with Gasteiger partial charge in [0, 0.05) is 13.0 Å². The number of nitrogens with one attached hydrogen (secondary N) is 1. The van der Waals surface area contributed by atoms with Gasteiger partial charge in [-0.25, -0.2) is 4.79 Å². The monoisotopic (exact) mass is 266 g/mol. The first-order valence-corrected chi connectivity index (χ1v) is 5.98. The molecule has 0 aliphatic carbocycles. The average Bonchev–Trinajstić information content (AvgIpc) is 2.39. The number of hydrogen-bond donors (Lipinski definition) is 4. The number of aliphatic carboxylic acids is 1. The fraction of sp³-hybridized carbons (Fsp3) is 0.385. The molecule has 6 nitrogen and oxygen atoms in total. The van der Waals surface area contributed by atoms with Crippen molar-refractivity contribution < 1.29 is 19.8 Å². The van der Waals surface area contributed by atoms with E-state index in [1.165, 1.54) is 0 Å². The van der Waals surface area contributed by atoms with Crippen LogP contribution in [0.1, 0.15) is 12.0 Å². The third-order valence-electron chi connectivity index (χ3n) is 2.67.